The number of benzene rings is 3. The summed E-state index contributed by atoms with van der Waals surface area (Å²) in [6, 6.07) is 19.3. The number of aliphatic hydroxyl groups excluding tert-OH is 1. The van der Waals surface area contributed by atoms with Crippen LogP contribution in [0.4, 0.5) is 0 Å². The van der Waals surface area contributed by atoms with Gasteiger partial charge in [0.2, 0.25) is 0 Å². The number of carbonyl (C=O) groups is 2. The number of hydrogen-bond donors (Lipinski definition) is 1. The third kappa shape index (κ3) is 6.00. The van der Waals surface area contributed by atoms with Gasteiger partial charge < -0.3 is 33.9 Å². The molecule has 1 atom stereocenters. The number of hydrogen-bond acceptors (Lipinski definition) is 8. The van der Waals surface area contributed by atoms with Gasteiger partial charge in [0, 0.05) is 12.1 Å². The van der Waals surface area contributed by atoms with Crippen molar-refractivity contribution in [1.82, 2.24) is 9.80 Å². The summed E-state index contributed by atoms with van der Waals surface area (Å²) >= 11 is 0. The van der Waals surface area contributed by atoms with Gasteiger partial charge in [0.1, 0.15) is 25.6 Å². The van der Waals surface area contributed by atoms with Crippen molar-refractivity contribution >= 4 is 17.4 Å². The normalized spacial score (nSPS) is 17.7. The zero-order valence-electron chi connectivity index (χ0n) is 23.5. The monoisotopic (exact) mass is 558 g/mol. The van der Waals surface area contributed by atoms with Crippen LogP contribution in [-0.4, -0.2) is 74.1 Å². The molecule has 2 aliphatic heterocycles. The Kier molecular flexibility index (Phi) is 8.45. The lowest BCUT2D eigenvalue weighted by Gasteiger charge is -2.26. The molecule has 3 aromatic carbocycles. The van der Waals surface area contributed by atoms with Crippen LogP contribution in [0.1, 0.15) is 29.2 Å². The molecule has 9 nitrogen and oxygen atoms in total. The van der Waals surface area contributed by atoms with Crippen LogP contribution in [0.5, 0.6) is 23.0 Å². The topological polar surface area (TPSA) is 97.8 Å². The number of Topliss-reactive ketones (excluding diaryl/α,β-unsaturated/α-hetero) is 1. The molecule has 2 aliphatic rings. The van der Waals surface area contributed by atoms with E-state index >= 15 is 0 Å². The van der Waals surface area contributed by atoms with Crippen LogP contribution >= 0.6 is 0 Å². The number of ether oxygens (including phenoxy) is 4. The highest BCUT2D eigenvalue weighted by Gasteiger charge is 2.46. The summed E-state index contributed by atoms with van der Waals surface area (Å²) in [5, 5.41) is 11.5. The largest absolute Gasteiger partial charge is 0.507 e. The molecule has 0 aliphatic carbocycles. The van der Waals surface area contributed by atoms with Crippen LogP contribution in [0.3, 0.4) is 0 Å². The van der Waals surface area contributed by atoms with E-state index in [0.717, 1.165) is 12.1 Å². The second kappa shape index (κ2) is 12.3. The van der Waals surface area contributed by atoms with E-state index in [4.69, 9.17) is 18.9 Å². The van der Waals surface area contributed by atoms with E-state index in [0.29, 0.717) is 66.9 Å². The molecule has 2 heterocycles. The maximum atomic E-state index is 13.4. The van der Waals surface area contributed by atoms with Crippen LogP contribution < -0.4 is 18.9 Å². The Labute approximate surface area is 239 Å². The first-order chi connectivity index (χ1) is 19.9. The number of nitrogens with zero attached hydrogens (tertiary/aromatic N) is 2. The van der Waals surface area contributed by atoms with Gasteiger partial charge in [-0.05, 0) is 68.5 Å². The van der Waals surface area contributed by atoms with Crippen molar-refractivity contribution in [3.8, 4) is 23.0 Å². The molecule has 1 fully saturated rings. The predicted molar refractivity (Wildman–Crippen MR) is 153 cm³/mol. The number of fused-ring (bicyclic) bond motifs is 1. The predicted octanol–water partition coefficient (Wildman–Crippen LogP) is 4.42. The minimum atomic E-state index is -0.817. The first-order valence-electron chi connectivity index (χ1n) is 13.5. The number of likely N-dealkylation sites (tertiary alicyclic amines) is 1. The molecule has 5 rings (SSSR count). The van der Waals surface area contributed by atoms with Gasteiger partial charge in [-0.15, -0.1) is 0 Å². The molecule has 1 unspecified atom stereocenters. The molecule has 41 heavy (non-hydrogen) atoms. The molecule has 0 radical (unpaired) electrons. The third-order valence-corrected chi connectivity index (χ3v) is 7.10. The van der Waals surface area contributed by atoms with Gasteiger partial charge in [0.25, 0.3) is 11.7 Å². The van der Waals surface area contributed by atoms with Gasteiger partial charge in [0.05, 0.1) is 18.7 Å². The Morgan fingerprint density at radius 1 is 0.976 bits per heavy atom. The molecular formula is C32H34N2O7. The van der Waals surface area contributed by atoms with Crippen molar-refractivity contribution in [2.45, 2.75) is 19.1 Å². The van der Waals surface area contributed by atoms with Crippen LogP contribution in [0.2, 0.25) is 0 Å². The summed E-state index contributed by atoms with van der Waals surface area (Å²) in [5.74, 6) is 0.340. The van der Waals surface area contributed by atoms with E-state index in [9.17, 15) is 14.7 Å². The number of methoxy groups -OCH3 is 1. The van der Waals surface area contributed by atoms with Crippen molar-refractivity contribution in [2.75, 3.05) is 47.5 Å². The fourth-order valence-electron chi connectivity index (χ4n) is 5.07. The average Bonchev–Trinajstić information content (AvgIpc) is 3.24. The summed E-state index contributed by atoms with van der Waals surface area (Å²) in [6.07, 6.45) is 0.649. The van der Waals surface area contributed by atoms with Crippen LogP contribution in [0.25, 0.3) is 5.76 Å². The van der Waals surface area contributed by atoms with Crippen molar-refractivity contribution < 1.29 is 33.6 Å². The SMILES string of the molecule is COc1cc(C2/C(=C(\O)c3ccc4c(c3)OCCO4)C(=O)C(=O)N2CCCN(C)C)ccc1OCc1ccccc1. The Morgan fingerprint density at radius 2 is 1.73 bits per heavy atom. The Bertz CT molecular complexity index is 1450. The van der Waals surface area contributed by atoms with E-state index in [1.165, 1.54) is 12.0 Å². The van der Waals surface area contributed by atoms with E-state index in [-0.39, 0.29) is 11.3 Å². The Balaban J connectivity index is 1.53. The van der Waals surface area contributed by atoms with Crippen molar-refractivity contribution in [3.05, 3.63) is 89.0 Å². The highest BCUT2D eigenvalue weighted by atomic mass is 16.6. The molecule has 1 amide bonds. The molecule has 0 aromatic heterocycles. The molecule has 0 saturated carbocycles. The van der Waals surface area contributed by atoms with Gasteiger partial charge >= 0.3 is 0 Å². The number of carbonyl (C=O) groups excluding carboxylic acids is 2. The fourth-order valence-corrected chi connectivity index (χ4v) is 5.07. The third-order valence-electron chi connectivity index (χ3n) is 7.10. The molecule has 214 valence electrons. The molecule has 0 bridgehead atoms. The summed E-state index contributed by atoms with van der Waals surface area (Å²) in [7, 11) is 5.44. The standard InChI is InChI=1S/C32H34N2O7/c1-33(2)14-7-15-34-29(22-10-12-24(26(18-22)38-3)41-20-21-8-5-4-6-9-21)28(31(36)32(34)37)30(35)23-11-13-25-27(19-23)40-17-16-39-25/h4-6,8-13,18-19,29,35H,7,14-17,20H2,1-3H3/b30-28+. The highest BCUT2D eigenvalue weighted by Crippen LogP contribution is 2.43. The van der Waals surface area contributed by atoms with Gasteiger partial charge in [-0.25, -0.2) is 0 Å². The van der Waals surface area contributed by atoms with Crippen LogP contribution in [0, 0.1) is 0 Å². The molecular weight excluding hydrogens is 524 g/mol. The molecule has 0 spiro atoms. The van der Waals surface area contributed by atoms with Gasteiger partial charge in [0.15, 0.2) is 23.0 Å². The zero-order chi connectivity index (χ0) is 28.9. The average molecular weight is 559 g/mol. The minimum absolute atomic E-state index is 0.0107. The number of rotatable bonds is 10. The van der Waals surface area contributed by atoms with Gasteiger partial charge in [-0.3, -0.25) is 9.59 Å². The van der Waals surface area contributed by atoms with E-state index in [1.807, 2.05) is 49.3 Å². The second-order valence-electron chi connectivity index (χ2n) is 10.2. The zero-order valence-corrected chi connectivity index (χ0v) is 23.5. The fraction of sp³-hybridized carbons (Fsp3) is 0.312. The Morgan fingerprint density at radius 3 is 2.46 bits per heavy atom. The summed E-state index contributed by atoms with van der Waals surface area (Å²) in [4.78, 5) is 30.3. The highest BCUT2D eigenvalue weighted by molar-refractivity contribution is 6.46. The van der Waals surface area contributed by atoms with Crippen molar-refractivity contribution in [3.63, 3.8) is 0 Å². The van der Waals surface area contributed by atoms with Crippen LogP contribution in [0.15, 0.2) is 72.3 Å². The van der Waals surface area contributed by atoms with Gasteiger partial charge in [-0.1, -0.05) is 36.4 Å². The quantitative estimate of drug-likeness (QED) is 0.222. The number of ketones is 1. The first kappa shape index (κ1) is 28.0. The lowest BCUT2D eigenvalue weighted by molar-refractivity contribution is -0.139. The van der Waals surface area contributed by atoms with Gasteiger partial charge in [-0.2, -0.15) is 0 Å². The molecule has 1 saturated heterocycles. The lowest BCUT2D eigenvalue weighted by Crippen LogP contribution is -2.32. The van der Waals surface area contributed by atoms with E-state index in [2.05, 4.69) is 0 Å². The summed E-state index contributed by atoms with van der Waals surface area (Å²) in [6.45, 7) is 2.23. The molecule has 3 aromatic rings. The van der Waals surface area contributed by atoms with E-state index < -0.39 is 17.7 Å². The maximum absolute atomic E-state index is 13.4. The molecule has 9 heteroatoms. The first-order valence-corrected chi connectivity index (χ1v) is 13.5. The number of amides is 1. The second-order valence-corrected chi connectivity index (χ2v) is 10.2. The van der Waals surface area contributed by atoms with Crippen molar-refractivity contribution in [1.29, 1.82) is 0 Å². The summed E-state index contributed by atoms with van der Waals surface area (Å²) < 4.78 is 22.9. The molecule has 1 N–H and O–H groups in total. The number of aliphatic hydroxyl groups is 1. The smallest absolute Gasteiger partial charge is 0.295 e. The summed E-state index contributed by atoms with van der Waals surface area (Å²) in [5.41, 5.74) is 2.00. The minimum Gasteiger partial charge on any atom is -0.507 e. The van der Waals surface area contributed by atoms with E-state index in [1.54, 1.807) is 36.4 Å². The maximum Gasteiger partial charge on any atom is 0.295 e. The van der Waals surface area contributed by atoms with Crippen molar-refractivity contribution in [2.24, 2.45) is 0 Å². The Hall–Kier alpha value is -4.50. The van der Waals surface area contributed by atoms with Crippen LogP contribution in [-0.2, 0) is 16.2 Å². The lowest BCUT2D eigenvalue weighted by atomic mass is 9.94.